The van der Waals surface area contributed by atoms with Gasteiger partial charge in [0.05, 0.1) is 9.92 Å². The van der Waals surface area contributed by atoms with E-state index in [9.17, 15) is 16.8 Å². The van der Waals surface area contributed by atoms with E-state index >= 15 is 0 Å². The Hall–Kier alpha value is -1.32. The lowest BCUT2D eigenvalue weighted by Crippen LogP contribution is -2.25. The first-order valence-corrected chi connectivity index (χ1v) is 10.8. The molecule has 0 saturated heterocycles. The van der Waals surface area contributed by atoms with Crippen molar-refractivity contribution >= 4 is 43.3 Å². The Labute approximate surface area is 155 Å². The third-order valence-electron chi connectivity index (χ3n) is 3.44. The summed E-state index contributed by atoms with van der Waals surface area (Å²) in [6, 6.07) is 9.06. The van der Waals surface area contributed by atoms with E-state index in [1.807, 2.05) is 0 Å². The lowest BCUT2D eigenvalue weighted by atomic mass is 10.3. The molecular formula is C15H13Cl2NO5S2. The molecule has 25 heavy (non-hydrogen) atoms. The largest absolute Gasteiger partial charge is 0.377 e. The smallest absolute Gasteiger partial charge is 0.339 e. The summed E-state index contributed by atoms with van der Waals surface area (Å²) in [7, 11) is -7.84. The molecule has 1 aliphatic rings. The van der Waals surface area contributed by atoms with Gasteiger partial charge >= 0.3 is 10.1 Å². The molecule has 0 spiro atoms. The van der Waals surface area contributed by atoms with E-state index in [1.165, 1.54) is 30.3 Å². The molecular weight excluding hydrogens is 409 g/mol. The predicted octanol–water partition coefficient (Wildman–Crippen LogP) is 3.20. The highest BCUT2D eigenvalue weighted by Gasteiger charge is 2.28. The Balaban J connectivity index is 1.84. The van der Waals surface area contributed by atoms with Gasteiger partial charge in [0, 0.05) is 6.04 Å². The molecule has 1 saturated carbocycles. The van der Waals surface area contributed by atoms with Gasteiger partial charge in [0.25, 0.3) is 0 Å². The summed E-state index contributed by atoms with van der Waals surface area (Å²) in [5.74, 6) is -0.110. The summed E-state index contributed by atoms with van der Waals surface area (Å²) in [6.45, 7) is 0. The molecule has 6 nitrogen and oxygen atoms in total. The van der Waals surface area contributed by atoms with Crippen LogP contribution in [0.2, 0.25) is 10.0 Å². The third-order valence-corrected chi connectivity index (χ3v) is 7.02. The Morgan fingerprint density at radius 3 is 2.12 bits per heavy atom. The van der Waals surface area contributed by atoms with Gasteiger partial charge in [-0.15, -0.1) is 0 Å². The first-order chi connectivity index (χ1) is 11.7. The first kappa shape index (κ1) is 18.5. The van der Waals surface area contributed by atoms with E-state index in [0.29, 0.717) is 0 Å². The van der Waals surface area contributed by atoms with Crippen LogP contribution in [0.5, 0.6) is 5.75 Å². The fourth-order valence-electron chi connectivity index (χ4n) is 1.99. The van der Waals surface area contributed by atoms with Gasteiger partial charge in [-0.3, -0.25) is 0 Å². The summed E-state index contributed by atoms with van der Waals surface area (Å²) in [6.07, 6.45) is 1.61. The minimum Gasteiger partial charge on any atom is -0.377 e. The van der Waals surface area contributed by atoms with Crippen molar-refractivity contribution in [3.8, 4) is 5.75 Å². The van der Waals surface area contributed by atoms with Gasteiger partial charge in [-0.25, -0.2) is 13.1 Å². The summed E-state index contributed by atoms with van der Waals surface area (Å²) in [5.41, 5.74) is 0. The average Bonchev–Trinajstić information content (AvgIpc) is 3.35. The molecule has 3 rings (SSSR count). The second-order valence-corrected chi connectivity index (χ2v) is 9.50. The lowest BCUT2D eigenvalue weighted by molar-refractivity contribution is 0.486. The van der Waals surface area contributed by atoms with Crippen LogP contribution in [0.25, 0.3) is 0 Å². The van der Waals surface area contributed by atoms with Crippen LogP contribution >= 0.6 is 23.2 Å². The van der Waals surface area contributed by atoms with Crippen LogP contribution < -0.4 is 8.91 Å². The molecule has 1 N–H and O–H groups in total. The molecule has 1 fully saturated rings. The van der Waals surface area contributed by atoms with E-state index in [1.54, 1.807) is 0 Å². The molecule has 2 aromatic rings. The second-order valence-electron chi connectivity index (χ2n) is 5.46. The number of hydrogen-bond acceptors (Lipinski definition) is 5. The van der Waals surface area contributed by atoms with Crippen LogP contribution in [0.4, 0.5) is 0 Å². The van der Waals surface area contributed by atoms with Gasteiger partial charge in [0.1, 0.15) is 9.92 Å². The van der Waals surface area contributed by atoms with Crippen LogP contribution in [0.3, 0.4) is 0 Å². The number of rotatable bonds is 6. The Morgan fingerprint density at radius 2 is 1.52 bits per heavy atom. The van der Waals surface area contributed by atoms with E-state index in [4.69, 9.17) is 27.4 Å². The minimum absolute atomic E-state index is 0.0147. The molecule has 1 aliphatic carbocycles. The van der Waals surface area contributed by atoms with Crippen LogP contribution in [0.1, 0.15) is 12.8 Å². The quantitative estimate of drug-likeness (QED) is 0.723. The fraction of sp³-hybridized carbons (Fsp3) is 0.200. The Kier molecular flexibility index (Phi) is 5.00. The topological polar surface area (TPSA) is 89.5 Å². The molecule has 10 heteroatoms. The maximum atomic E-state index is 12.3. The molecule has 0 aromatic heterocycles. The SMILES string of the molecule is O=S(=O)(NC1CC1)c1ccc(S(=O)(=O)Oc2cccc(Cl)c2Cl)cc1. The summed E-state index contributed by atoms with van der Waals surface area (Å²) < 4.78 is 56.3. The van der Waals surface area contributed by atoms with Gasteiger partial charge in [-0.2, -0.15) is 8.42 Å². The lowest BCUT2D eigenvalue weighted by Gasteiger charge is -2.10. The van der Waals surface area contributed by atoms with Crippen molar-refractivity contribution in [3.63, 3.8) is 0 Å². The first-order valence-electron chi connectivity index (χ1n) is 7.20. The van der Waals surface area contributed by atoms with Crippen molar-refractivity contribution in [2.45, 2.75) is 28.7 Å². The van der Waals surface area contributed by atoms with E-state index in [2.05, 4.69) is 4.72 Å². The van der Waals surface area contributed by atoms with Crippen LogP contribution in [0.15, 0.2) is 52.3 Å². The third kappa shape index (κ3) is 4.27. The normalized spacial score (nSPS) is 15.1. The monoisotopic (exact) mass is 421 g/mol. The van der Waals surface area contributed by atoms with E-state index < -0.39 is 20.1 Å². The minimum atomic E-state index is -4.18. The van der Waals surface area contributed by atoms with Gasteiger partial charge in [-0.05, 0) is 49.2 Å². The number of nitrogens with one attached hydrogen (secondary N) is 1. The van der Waals surface area contributed by atoms with Crippen molar-refractivity contribution in [3.05, 3.63) is 52.5 Å². The van der Waals surface area contributed by atoms with E-state index in [0.717, 1.165) is 25.0 Å². The maximum absolute atomic E-state index is 12.3. The molecule has 134 valence electrons. The standard InChI is InChI=1S/C15H13Cl2NO5S2/c16-13-2-1-3-14(15(13)17)23-25(21,22)12-8-6-11(7-9-12)24(19,20)18-10-4-5-10/h1-3,6-10,18H,4-5H2. The molecule has 2 aromatic carbocycles. The maximum Gasteiger partial charge on any atom is 0.339 e. The van der Waals surface area contributed by atoms with Crippen molar-refractivity contribution < 1.29 is 21.0 Å². The van der Waals surface area contributed by atoms with Gasteiger partial charge in [-0.1, -0.05) is 29.3 Å². The summed E-state index contributed by atoms with van der Waals surface area (Å²) in [4.78, 5) is -0.215. The van der Waals surface area contributed by atoms with Crippen molar-refractivity contribution in [2.75, 3.05) is 0 Å². The van der Waals surface area contributed by atoms with Gasteiger partial charge in [0.15, 0.2) is 5.75 Å². The zero-order valence-electron chi connectivity index (χ0n) is 12.6. The van der Waals surface area contributed by atoms with E-state index in [-0.39, 0.29) is 31.6 Å². The summed E-state index contributed by atoms with van der Waals surface area (Å²) >= 11 is 11.7. The van der Waals surface area contributed by atoms with Crippen LogP contribution in [-0.2, 0) is 20.1 Å². The highest BCUT2D eigenvalue weighted by molar-refractivity contribution is 7.89. The highest BCUT2D eigenvalue weighted by Crippen LogP contribution is 2.33. The zero-order valence-corrected chi connectivity index (χ0v) is 15.8. The number of hydrogen-bond donors (Lipinski definition) is 1. The number of halogens is 2. The van der Waals surface area contributed by atoms with Crippen molar-refractivity contribution in [1.82, 2.24) is 4.72 Å². The summed E-state index contributed by atoms with van der Waals surface area (Å²) in [5, 5.41) is 0.127. The molecule has 0 atom stereocenters. The number of sulfonamides is 1. The predicted molar refractivity (Wildman–Crippen MR) is 94.1 cm³/mol. The molecule has 0 aliphatic heterocycles. The molecule has 0 bridgehead atoms. The second kappa shape index (κ2) is 6.77. The average molecular weight is 422 g/mol. The molecule has 0 heterocycles. The number of benzene rings is 2. The van der Waals surface area contributed by atoms with Gasteiger partial charge < -0.3 is 4.18 Å². The van der Waals surface area contributed by atoms with Crippen molar-refractivity contribution in [1.29, 1.82) is 0 Å². The molecule has 0 radical (unpaired) electrons. The van der Waals surface area contributed by atoms with Gasteiger partial charge in [0.2, 0.25) is 10.0 Å². The Morgan fingerprint density at radius 1 is 0.920 bits per heavy atom. The van der Waals surface area contributed by atoms with Crippen LogP contribution in [-0.4, -0.2) is 22.9 Å². The zero-order chi connectivity index (χ0) is 18.2. The van der Waals surface area contributed by atoms with Crippen molar-refractivity contribution in [2.24, 2.45) is 0 Å². The molecule has 0 unspecified atom stereocenters. The fourth-order valence-corrected chi connectivity index (χ4v) is 4.61. The highest BCUT2D eigenvalue weighted by atomic mass is 35.5. The molecule has 0 amide bonds. The Bertz CT molecular complexity index is 1000. The van der Waals surface area contributed by atoms with Crippen LogP contribution in [0, 0.1) is 0 Å².